The van der Waals surface area contributed by atoms with Crippen molar-refractivity contribution in [1.82, 2.24) is 20.4 Å². The Morgan fingerprint density at radius 3 is 2.57 bits per heavy atom. The summed E-state index contributed by atoms with van der Waals surface area (Å²) >= 11 is 1.44. The first-order valence-corrected chi connectivity index (χ1v) is 12.1. The Morgan fingerprint density at radius 1 is 1.00 bits per heavy atom. The molecule has 1 atom stereocenters. The Hall–Kier alpha value is -4.17. The molecule has 2 amide bonds. The third-order valence-electron chi connectivity index (χ3n) is 6.03. The van der Waals surface area contributed by atoms with Crippen molar-refractivity contribution in [2.45, 2.75) is 5.37 Å². The zero-order valence-corrected chi connectivity index (χ0v) is 19.2. The van der Waals surface area contributed by atoms with Gasteiger partial charge in [0.15, 0.2) is 0 Å². The number of hydrogen-bond acceptors (Lipinski definition) is 4. The fourth-order valence-electron chi connectivity index (χ4n) is 4.39. The number of hydrazine groups is 1. The molecule has 35 heavy (non-hydrogen) atoms. The van der Waals surface area contributed by atoms with Crippen molar-refractivity contribution < 1.29 is 14.0 Å². The molecule has 2 N–H and O–H groups in total. The zero-order valence-electron chi connectivity index (χ0n) is 18.4. The number of thioether (sulfide) groups is 1. The van der Waals surface area contributed by atoms with Crippen LogP contribution in [0.25, 0.3) is 33.1 Å². The fourth-order valence-corrected chi connectivity index (χ4v) is 5.49. The van der Waals surface area contributed by atoms with Crippen molar-refractivity contribution >= 4 is 45.4 Å². The summed E-state index contributed by atoms with van der Waals surface area (Å²) in [6, 6.07) is 25.2. The molecule has 1 unspecified atom stereocenters. The number of nitrogens with zero attached hydrogens (tertiary/aromatic N) is 2. The van der Waals surface area contributed by atoms with Gasteiger partial charge in [-0.1, -0.05) is 60.7 Å². The molecule has 172 valence electrons. The highest BCUT2D eigenvalue weighted by atomic mass is 32.2. The van der Waals surface area contributed by atoms with Gasteiger partial charge in [-0.15, -0.1) is 11.8 Å². The van der Waals surface area contributed by atoms with Gasteiger partial charge in [-0.3, -0.25) is 15.0 Å². The lowest BCUT2D eigenvalue weighted by Crippen LogP contribution is -2.44. The predicted molar refractivity (Wildman–Crippen MR) is 135 cm³/mol. The third kappa shape index (κ3) is 3.72. The van der Waals surface area contributed by atoms with Gasteiger partial charge in [-0.25, -0.2) is 14.4 Å². The molecule has 3 heterocycles. The van der Waals surface area contributed by atoms with E-state index in [4.69, 9.17) is 0 Å². The summed E-state index contributed by atoms with van der Waals surface area (Å²) in [6.45, 7) is 0. The quantitative estimate of drug-likeness (QED) is 0.358. The molecule has 0 radical (unpaired) electrons. The van der Waals surface area contributed by atoms with Crippen molar-refractivity contribution in [2.24, 2.45) is 0 Å². The van der Waals surface area contributed by atoms with Crippen molar-refractivity contribution in [3.05, 3.63) is 102 Å². The van der Waals surface area contributed by atoms with E-state index >= 15 is 0 Å². The first-order valence-electron chi connectivity index (χ1n) is 11.1. The zero-order chi connectivity index (χ0) is 23.9. The lowest BCUT2D eigenvalue weighted by molar-refractivity contribution is -0.130. The molecule has 6 nitrogen and oxygen atoms in total. The van der Waals surface area contributed by atoms with Gasteiger partial charge in [0.2, 0.25) is 0 Å². The van der Waals surface area contributed by atoms with Crippen LogP contribution in [0, 0.1) is 5.82 Å². The van der Waals surface area contributed by atoms with Crippen LogP contribution in [0.3, 0.4) is 0 Å². The fraction of sp³-hybridized carbons (Fsp3) is 0.0741. The van der Waals surface area contributed by atoms with E-state index in [0.29, 0.717) is 11.2 Å². The average Bonchev–Trinajstić information content (AvgIpc) is 3.44. The van der Waals surface area contributed by atoms with Crippen LogP contribution in [0.15, 0.2) is 84.9 Å². The van der Waals surface area contributed by atoms with E-state index in [1.807, 2.05) is 54.6 Å². The number of benzene rings is 3. The molecule has 5 aromatic rings. The number of aromatic nitrogens is 2. The highest BCUT2D eigenvalue weighted by Crippen LogP contribution is 2.38. The van der Waals surface area contributed by atoms with E-state index in [0.717, 1.165) is 21.9 Å². The molecule has 1 aliphatic heterocycles. The first-order chi connectivity index (χ1) is 17.1. The molecule has 0 spiro atoms. The SMILES string of the molecule is O=C(NN1C(=O)CSC1c1ccccc1)c1cc2c([nH]c3ccccc32)c(-c2ccccc2F)n1. The highest BCUT2D eigenvalue weighted by molar-refractivity contribution is 8.00. The average molecular weight is 483 g/mol. The Bertz CT molecular complexity index is 1600. The monoisotopic (exact) mass is 482 g/mol. The number of fused-ring (bicyclic) bond motifs is 3. The van der Waals surface area contributed by atoms with Crippen LogP contribution in [-0.4, -0.2) is 32.5 Å². The van der Waals surface area contributed by atoms with Crippen LogP contribution in [0.1, 0.15) is 21.4 Å². The van der Waals surface area contributed by atoms with Crippen LogP contribution in [0.4, 0.5) is 4.39 Å². The van der Waals surface area contributed by atoms with Gasteiger partial charge >= 0.3 is 0 Å². The van der Waals surface area contributed by atoms with E-state index < -0.39 is 11.7 Å². The number of pyridine rings is 1. The maximum atomic E-state index is 14.8. The van der Waals surface area contributed by atoms with Gasteiger partial charge in [-0.2, -0.15) is 0 Å². The van der Waals surface area contributed by atoms with Crippen molar-refractivity contribution in [2.75, 3.05) is 5.75 Å². The molecule has 0 aliphatic carbocycles. The number of nitrogens with one attached hydrogen (secondary N) is 2. The van der Waals surface area contributed by atoms with Crippen LogP contribution < -0.4 is 5.43 Å². The second-order valence-corrected chi connectivity index (χ2v) is 9.28. The lowest BCUT2D eigenvalue weighted by Gasteiger charge is -2.24. The summed E-state index contributed by atoms with van der Waals surface area (Å²) < 4.78 is 14.8. The lowest BCUT2D eigenvalue weighted by atomic mass is 10.1. The number of amides is 2. The summed E-state index contributed by atoms with van der Waals surface area (Å²) in [4.78, 5) is 33.9. The molecule has 3 aromatic carbocycles. The van der Waals surface area contributed by atoms with E-state index in [2.05, 4.69) is 15.4 Å². The summed E-state index contributed by atoms with van der Waals surface area (Å²) in [5.41, 5.74) is 5.88. The topological polar surface area (TPSA) is 78.1 Å². The number of H-pyrrole nitrogens is 1. The van der Waals surface area contributed by atoms with E-state index in [1.54, 1.807) is 24.3 Å². The number of rotatable bonds is 4. The third-order valence-corrected chi connectivity index (χ3v) is 7.24. The second-order valence-electron chi connectivity index (χ2n) is 8.21. The number of halogens is 1. The number of hydrogen-bond donors (Lipinski definition) is 2. The van der Waals surface area contributed by atoms with Gasteiger partial charge in [-0.05, 0) is 29.8 Å². The van der Waals surface area contributed by atoms with Gasteiger partial charge in [0.25, 0.3) is 11.8 Å². The Balaban J connectivity index is 1.45. The molecule has 0 bridgehead atoms. The molecule has 0 saturated carbocycles. The Kier molecular flexibility index (Phi) is 5.22. The van der Waals surface area contributed by atoms with E-state index in [-0.39, 0.29) is 28.3 Å². The first kappa shape index (κ1) is 21.4. The van der Waals surface area contributed by atoms with Gasteiger partial charge in [0, 0.05) is 21.9 Å². The minimum absolute atomic E-state index is 0.0945. The summed E-state index contributed by atoms with van der Waals surface area (Å²) in [5, 5.41) is 2.66. The molecule has 1 saturated heterocycles. The number of carbonyl (C=O) groups excluding carboxylic acids is 2. The Labute approximate surface area is 204 Å². The molecule has 1 aliphatic rings. The minimum atomic E-state index is -0.536. The van der Waals surface area contributed by atoms with Crippen LogP contribution in [0.2, 0.25) is 0 Å². The Morgan fingerprint density at radius 2 is 1.74 bits per heavy atom. The van der Waals surface area contributed by atoms with Crippen molar-refractivity contribution in [3.63, 3.8) is 0 Å². The maximum absolute atomic E-state index is 14.8. The van der Waals surface area contributed by atoms with E-state index in [1.165, 1.54) is 22.8 Å². The highest BCUT2D eigenvalue weighted by Gasteiger charge is 2.34. The largest absolute Gasteiger partial charge is 0.353 e. The summed E-state index contributed by atoms with van der Waals surface area (Å²) in [6.07, 6.45) is 0. The molecular formula is C27H19FN4O2S. The van der Waals surface area contributed by atoms with Gasteiger partial charge in [0.1, 0.15) is 16.9 Å². The summed E-state index contributed by atoms with van der Waals surface area (Å²) in [5.74, 6) is -0.908. The molecule has 6 rings (SSSR count). The van der Waals surface area contributed by atoms with Gasteiger partial charge in [0.05, 0.1) is 17.0 Å². The normalized spacial score (nSPS) is 15.7. The van der Waals surface area contributed by atoms with Crippen molar-refractivity contribution in [3.8, 4) is 11.3 Å². The van der Waals surface area contributed by atoms with Crippen LogP contribution in [-0.2, 0) is 4.79 Å². The van der Waals surface area contributed by atoms with Crippen LogP contribution in [0.5, 0.6) is 0 Å². The minimum Gasteiger partial charge on any atom is -0.353 e. The predicted octanol–water partition coefficient (Wildman–Crippen LogP) is 5.44. The molecule has 1 fully saturated rings. The standard InChI is InChI=1S/C27H19FN4O2S/c28-20-12-6-4-11-18(20)24-25-19(17-10-5-7-13-21(17)29-25)14-22(30-24)26(34)31-32-23(33)15-35-27(32)16-8-2-1-3-9-16/h1-14,27,29H,15H2,(H,31,34). The molecule has 2 aromatic heterocycles. The second kappa shape index (κ2) is 8.56. The van der Waals surface area contributed by atoms with E-state index in [9.17, 15) is 14.0 Å². The maximum Gasteiger partial charge on any atom is 0.288 e. The number of carbonyl (C=O) groups is 2. The van der Waals surface area contributed by atoms with Crippen molar-refractivity contribution in [1.29, 1.82) is 0 Å². The summed E-state index contributed by atoms with van der Waals surface area (Å²) in [7, 11) is 0. The number of aromatic amines is 1. The van der Waals surface area contributed by atoms with Gasteiger partial charge < -0.3 is 4.98 Å². The smallest absolute Gasteiger partial charge is 0.288 e. The molecular weight excluding hydrogens is 463 g/mol. The number of para-hydroxylation sites is 1. The van der Waals surface area contributed by atoms with Crippen LogP contribution >= 0.6 is 11.8 Å². The molecule has 8 heteroatoms.